The van der Waals surface area contributed by atoms with Gasteiger partial charge in [0.25, 0.3) is 0 Å². The van der Waals surface area contributed by atoms with Gasteiger partial charge in [0.05, 0.1) is 23.4 Å². The van der Waals surface area contributed by atoms with Crippen molar-refractivity contribution in [3.05, 3.63) is 56.2 Å². The van der Waals surface area contributed by atoms with Crippen molar-refractivity contribution in [3.63, 3.8) is 0 Å². The van der Waals surface area contributed by atoms with Crippen LogP contribution in [0.1, 0.15) is 17.7 Å². The summed E-state index contributed by atoms with van der Waals surface area (Å²) in [6.45, 7) is 6.03. The van der Waals surface area contributed by atoms with Crippen molar-refractivity contribution in [1.82, 2.24) is 19.6 Å². The number of nitro groups is 1. The van der Waals surface area contributed by atoms with Crippen LogP contribution in [0, 0.1) is 17.0 Å². The number of hydrogen-bond acceptors (Lipinski definition) is 5. The van der Waals surface area contributed by atoms with E-state index in [0.717, 1.165) is 24.1 Å². The second-order valence-electron chi connectivity index (χ2n) is 6.62. The van der Waals surface area contributed by atoms with Gasteiger partial charge in [-0.05, 0) is 23.5 Å². The van der Waals surface area contributed by atoms with Crippen LogP contribution >= 0.6 is 15.9 Å². The number of nitrogens with zero attached hydrogens (tertiary/aromatic N) is 5. The molecule has 3 rings (SSSR count). The minimum atomic E-state index is -0.518. The van der Waals surface area contributed by atoms with E-state index >= 15 is 0 Å². The van der Waals surface area contributed by atoms with Gasteiger partial charge in [0.1, 0.15) is 0 Å². The summed E-state index contributed by atoms with van der Waals surface area (Å²) in [6, 6.07) is 9.59. The zero-order chi connectivity index (χ0) is 19.4. The molecule has 0 saturated carbocycles. The van der Waals surface area contributed by atoms with E-state index in [9.17, 15) is 14.9 Å². The fourth-order valence-electron chi connectivity index (χ4n) is 3.19. The molecule has 1 aliphatic rings. The number of aryl methyl sites for hydroxylation is 2. The van der Waals surface area contributed by atoms with E-state index in [1.807, 2.05) is 23.1 Å². The van der Waals surface area contributed by atoms with E-state index in [1.165, 1.54) is 16.3 Å². The standard InChI is InChI=1S/C18H22BrN5O3/c1-14-12-17(24(26)27)20-23(14)7-6-18(25)22-10-8-21(9-11-22)13-15-4-2-3-5-16(15)19/h2-5,12H,6-11,13H2,1H3. The molecule has 0 unspecified atom stereocenters. The first-order valence-corrected chi connectivity index (χ1v) is 9.65. The lowest BCUT2D eigenvalue weighted by atomic mass is 10.2. The lowest BCUT2D eigenvalue weighted by Crippen LogP contribution is -2.48. The number of halogens is 1. The van der Waals surface area contributed by atoms with Crippen molar-refractivity contribution < 1.29 is 9.72 Å². The lowest BCUT2D eigenvalue weighted by Gasteiger charge is -2.35. The monoisotopic (exact) mass is 435 g/mol. The maximum atomic E-state index is 12.5. The normalized spacial score (nSPS) is 15.1. The molecule has 1 aromatic heterocycles. The average molecular weight is 436 g/mol. The fourth-order valence-corrected chi connectivity index (χ4v) is 3.60. The summed E-state index contributed by atoms with van der Waals surface area (Å²) in [5.41, 5.74) is 1.93. The van der Waals surface area contributed by atoms with Gasteiger partial charge < -0.3 is 15.0 Å². The van der Waals surface area contributed by atoms with E-state index in [1.54, 1.807) is 6.92 Å². The second-order valence-corrected chi connectivity index (χ2v) is 7.48. The predicted octanol–water partition coefficient (Wildman–Crippen LogP) is 2.60. The highest BCUT2D eigenvalue weighted by atomic mass is 79.9. The van der Waals surface area contributed by atoms with Gasteiger partial charge in [-0.2, -0.15) is 4.68 Å². The Labute approximate surface area is 166 Å². The van der Waals surface area contributed by atoms with Gasteiger partial charge in [-0.3, -0.25) is 9.69 Å². The average Bonchev–Trinajstić information content (AvgIpc) is 3.03. The summed E-state index contributed by atoms with van der Waals surface area (Å²) in [5, 5.41) is 14.7. The number of benzene rings is 1. The number of carbonyl (C=O) groups is 1. The van der Waals surface area contributed by atoms with E-state index in [4.69, 9.17) is 0 Å². The highest BCUT2D eigenvalue weighted by Crippen LogP contribution is 2.19. The Morgan fingerprint density at radius 3 is 2.59 bits per heavy atom. The van der Waals surface area contributed by atoms with E-state index in [0.29, 0.717) is 31.7 Å². The largest absolute Gasteiger partial charge is 0.390 e. The maximum absolute atomic E-state index is 12.5. The minimum Gasteiger partial charge on any atom is -0.358 e. The predicted molar refractivity (Wildman–Crippen MR) is 104 cm³/mol. The third-order valence-electron chi connectivity index (χ3n) is 4.77. The smallest absolute Gasteiger partial charge is 0.358 e. The molecule has 0 N–H and O–H groups in total. The summed E-state index contributed by atoms with van der Waals surface area (Å²) in [4.78, 5) is 26.9. The molecule has 1 aliphatic heterocycles. The second kappa shape index (κ2) is 8.62. The number of hydrogen-bond donors (Lipinski definition) is 0. The molecule has 2 heterocycles. The Morgan fingerprint density at radius 2 is 1.96 bits per heavy atom. The van der Waals surface area contributed by atoms with Crippen LogP contribution < -0.4 is 0 Å². The third kappa shape index (κ3) is 4.92. The highest BCUT2D eigenvalue weighted by Gasteiger charge is 2.22. The van der Waals surface area contributed by atoms with Crippen molar-refractivity contribution in [1.29, 1.82) is 0 Å². The van der Waals surface area contributed by atoms with Crippen molar-refractivity contribution in [2.45, 2.75) is 26.4 Å². The number of amides is 1. The maximum Gasteiger partial charge on any atom is 0.390 e. The van der Waals surface area contributed by atoms with Gasteiger partial charge in [0.15, 0.2) is 0 Å². The van der Waals surface area contributed by atoms with E-state index in [2.05, 4.69) is 32.0 Å². The van der Waals surface area contributed by atoms with Crippen LogP contribution in [0.5, 0.6) is 0 Å². The topological polar surface area (TPSA) is 84.5 Å². The van der Waals surface area contributed by atoms with Gasteiger partial charge >= 0.3 is 5.82 Å². The lowest BCUT2D eigenvalue weighted by molar-refractivity contribution is -0.389. The van der Waals surface area contributed by atoms with Gasteiger partial charge in [-0.25, -0.2) is 0 Å². The SMILES string of the molecule is Cc1cc([N+](=O)[O-])nn1CCC(=O)N1CCN(Cc2ccccc2Br)CC1. The molecule has 2 aromatic rings. The van der Waals surface area contributed by atoms with Crippen LogP contribution in [0.2, 0.25) is 0 Å². The molecule has 1 aromatic carbocycles. The summed E-state index contributed by atoms with van der Waals surface area (Å²) in [7, 11) is 0. The van der Waals surface area contributed by atoms with Gasteiger partial charge in [-0.1, -0.05) is 34.1 Å². The summed E-state index contributed by atoms with van der Waals surface area (Å²) >= 11 is 3.58. The number of piperazine rings is 1. The summed E-state index contributed by atoms with van der Waals surface area (Å²) in [5.74, 6) is -0.117. The highest BCUT2D eigenvalue weighted by molar-refractivity contribution is 9.10. The first-order chi connectivity index (χ1) is 12.9. The molecule has 1 fully saturated rings. The number of rotatable bonds is 6. The van der Waals surface area contributed by atoms with Crippen LogP contribution in [-0.2, 0) is 17.9 Å². The third-order valence-corrected chi connectivity index (χ3v) is 5.54. The molecule has 8 nitrogen and oxygen atoms in total. The molecule has 0 bridgehead atoms. The molecule has 9 heteroatoms. The van der Waals surface area contributed by atoms with Gasteiger partial charge in [-0.15, -0.1) is 0 Å². The quantitative estimate of drug-likeness (QED) is 0.514. The van der Waals surface area contributed by atoms with Gasteiger partial charge in [0.2, 0.25) is 5.91 Å². The van der Waals surface area contributed by atoms with Crippen molar-refractivity contribution >= 4 is 27.7 Å². The Kier molecular flexibility index (Phi) is 6.22. The van der Waals surface area contributed by atoms with Crippen molar-refractivity contribution in [2.24, 2.45) is 0 Å². The molecule has 27 heavy (non-hydrogen) atoms. The van der Waals surface area contributed by atoms with Gasteiger partial charge in [0, 0.05) is 43.6 Å². The molecule has 1 saturated heterocycles. The van der Waals surface area contributed by atoms with Crippen LogP contribution in [-0.4, -0.2) is 56.6 Å². The van der Waals surface area contributed by atoms with Crippen molar-refractivity contribution in [3.8, 4) is 0 Å². The van der Waals surface area contributed by atoms with E-state index in [-0.39, 0.29) is 11.7 Å². The fraction of sp³-hybridized carbons (Fsp3) is 0.444. The van der Waals surface area contributed by atoms with Crippen LogP contribution in [0.4, 0.5) is 5.82 Å². The van der Waals surface area contributed by atoms with Crippen LogP contribution in [0.3, 0.4) is 0 Å². The summed E-state index contributed by atoms with van der Waals surface area (Å²) < 4.78 is 2.63. The first kappa shape index (κ1) is 19.5. The molecule has 144 valence electrons. The molecular weight excluding hydrogens is 414 g/mol. The molecule has 0 radical (unpaired) electrons. The minimum absolute atomic E-state index is 0.0631. The zero-order valence-electron chi connectivity index (χ0n) is 15.2. The Hall–Kier alpha value is -2.26. The molecular formula is C18H22BrN5O3. The first-order valence-electron chi connectivity index (χ1n) is 8.86. The summed E-state index contributed by atoms with van der Waals surface area (Å²) in [6.07, 6.45) is 0.296. The molecule has 1 amide bonds. The Bertz CT molecular complexity index is 830. The Balaban J connectivity index is 1.47. The van der Waals surface area contributed by atoms with E-state index < -0.39 is 4.92 Å². The molecule has 0 spiro atoms. The number of carbonyl (C=O) groups excluding carboxylic acids is 1. The van der Waals surface area contributed by atoms with Crippen molar-refractivity contribution in [2.75, 3.05) is 26.2 Å². The molecule has 0 aliphatic carbocycles. The zero-order valence-corrected chi connectivity index (χ0v) is 16.8. The van der Waals surface area contributed by atoms with Crippen LogP contribution in [0.25, 0.3) is 0 Å². The molecule has 0 atom stereocenters. The number of aromatic nitrogens is 2. The Morgan fingerprint density at radius 1 is 1.26 bits per heavy atom. The van der Waals surface area contributed by atoms with Crippen LogP contribution in [0.15, 0.2) is 34.8 Å².